The predicted octanol–water partition coefficient (Wildman–Crippen LogP) is 2.76. The lowest BCUT2D eigenvalue weighted by Gasteiger charge is -2.19. The van der Waals surface area contributed by atoms with E-state index in [4.69, 9.17) is 5.11 Å². The third-order valence-electron chi connectivity index (χ3n) is 4.20. The van der Waals surface area contributed by atoms with E-state index in [0.717, 1.165) is 6.42 Å². The summed E-state index contributed by atoms with van der Waals surface area (Å²) in [4.78, 5) is 19.7. The molecule has 134 valence electrons. The first-order valence-corrected chi connectivity index (χ1v) is 8.53. The summed E-state index contributed by atoms with van der Waals surface area (Å²) in [7, 11) is 0. The monoisotopic (exact) mass is 351 g/mol. The molecule has 0 bridgehead atoms. The molecule has 0 saturated carbocycles. The molecule has 0 saturated heterocycles. The van der Waals surface area contributed by atoms with Gasteiger partial charge in [0.25, 0.3) is 0 Å². The third-order valence-corrected chi connectivity index (χ3v) is 4.20. The van der Waals surface area contributed by atoms with Crippen LogP contribution in [0.2, 0.25) is 0 Å². The molecule has 1 heterocycles. The quantitative estimate of drug-likeness (QED) is 0.669. The molecule has 0 fully saturated rings. The van der Waals surface area contributed by atoms with E-state index in [2.05, 4.69) is 27.4 Å². The van der Waals surface area contributed by atoms with Crippen molar-refractivity contribution in [2.75, 3.05) is 18.4 Å². The largest absolute Gasteiger partial charge is 0.505 e. The highest BCUT2D eigenvalue weighted by Gasteiger charge is 2.24. The van der Waals surface area contributed by atoms with Gasteiger partial charge in [0, 0.05) is 18.3 Å². The van der Waals surface area contributed by atoms with Gasteiger partial charge < -0.3 is 15.5 Å². The maximum absolute atomic E-state index is 11.1. The summed E-state index contributed by atoms with van der Waals surface area (Å²) < 4.78 is 0. The van der Waals surface area contributed by atoms with E-state index in [-0.39, 0.29) is 12.2 Å². The predicted molar refractivity (Wildman–Crippen MR) is 103 cm³/mol. The zero-order chi connectivity index (χ0) is 18.4. The highest BCUT2D eigenvalue weighted by Crippen LogP contribution is 2.30. The normalized spacial score (nSPS) is 16.2. The van der Waals surface area contributed by atoms with E-state index in [1.807, 2.05) is 24.3 Å². The fourth-order valence-electron chi connectivity index (χ4n) is 2.95. The van der Waals surface area contributed by atoms with Gasteiger partial charge in [-0.1, -0.05) is 36.4 Å². The number of benzene rings is 2. The SMILES string of the molecule is O=C(O)CC1N=CCN=C1c1cccc(NCCc2ccccc2)c1O. The van der Waals surface area contributed by atoms with Crippen LogP contribution in [0.4, 0.5) is 5.69 Å². The van der Waals surface area contributed by atoms with E-state index in [9.17, 15) is 9.90 Å². The summed E-state index contributed by atoms with van der Waals surface area (Å²) in [5, 5.41) is 23.0. The molecule has 6 heteroatoms. The molecule has 6 nitrogen and oxygen atoms in total. The number of aromatic hydroxyl groups is 1. The Hall–Kier alpha value is -3.15. The topological polar surface area (TPSA) is 94.3 Å². The minimum absolute atomic E-state index is 0.0757. The van der Waals surface area contributed by atoms with Crippen LogP contribution < -0.4 is 5.32 Å². The second-order valence-electron chi connectivity index (χ2n) is 6.04. The number of carboxylic acids is 1. The number of carbonyl (C=O) groups is 1. The minimum Gasteiger partial charge on any atom is -0.505 e. The zero-order valence-electron chi connectivity index (χ0n) is 14.3. The van der Waals surface area contributed by atoms with Crippen LogP contribution in [0.15, 0.2) is 58.5 Å². The lowest BCUT2D eigenvalue weighted by atomic mass is 9.98. The lowest BCUT2D eigenvalue weighted by Crippen LogP contribution is -2.27. The van der Waals surface area contributed by atoms with Gasteiger partial charge in [0.1, 0.15) is 11.8 Å². The fraction of sp³-hybridized carbons (Fsp3) is 0.250. The van der Waals surface area contributed by atoms with Crippen LogP contribution in [-0.2, 0) is 11.2 Å². The number of nitrogens with zero attached hydrogens (tertiary/aromatic N) is 2. The van der Waals surface area contributed by atoms with Gasteiger partial charge in [-0.05, 0) is 24.1 Å². The molecule has 0 aromatic heterocycles. The first kappa shape index (κ1) is 17.7. The molecule has 1 aliphatic rings. The standard InChI is InChI=1S/C20H21N3O3/c24-18(25)13-17-19(23-12-11-22-17)15-7-4-8-16(20(15)26)21-10-9-14-5-2-1-3-6-14/h1-8,11,17,21,26H,9-10,12-13H2,(H,24,25). The van der Waals surface area contributed by atoms with Crippen LogP contribution in [-0.4, -0.2) is 47.2 Å². The molecule has 0 spiro atoms. The number of aliphatic imine (C=N–C) groups is 2. The van der Waals surface area contributed by atoms with Gasteiger partial charge in [0.05, 0.1) is 24.4 Å². The van der Waals surface area contributed by atoms with Crippen molar-refractivity contribution < 1.29 is 15.0 Å². The Morgan fingerprint density at radius 2 is 1.96 bits per heavy atom. The molecule has 3 N–H and O–H groups in total. The number of phenolic OH excluding ortho intramolecular Hbond substituents is 1. The Labute approximate surface area is 151 Å². The van der Waals surface area contributed by atoms with Gasteiger partial charge in [0.15, 0.2) is 0 Å². The maximum atomic E-state index is 11.1. The van der Waals surface area contributed by atoms with Crippen molar-refractivity contribution in [1.29, 1.82) is 0 Å². The maximum Gasteiger partial charge on any atom is 0.305 e. The number of para-hydroxylation sites is 1. The molecule has 0 amide bonds. The van der Waals surface area contributed by atoms with Gasteiger partial charge in [-0.15, -0.1) is 0 Å². The Balaban J connectivity index is 1.74. The molecule has 1 atom stereocenters. The number of hydrogen-bond acceptors (Lipinski definition) is 5. The minimum atomic E-state index is -0.946. The van der Waals surface area contributed by atoms with Gasteiger partial charge in [-0.25, -0.2) is 0 Å². The van der Waals surface area contributed by atoms with Gasteiger partial charge >= 0.3 is 5.97 Å². The number of rotatable bonds is 7. The third kappa shape index (κ3) is 4.27. The summed E-state index contributed by atoms with van der Waals surface area (Å²) >= 11 is 0. The molecule has 1 aliphatic heterocycles. The molecule has 0 aliphatic carbocycles. The number of phenols is 1. The van der Waals surface area contributed by atoms with Crippen molar-refractivity contribution in [3.8, 4) is 5.75 Å². The average molecular weight is 351 g/mol. The molecular weight excluding hydrogens is 330 g/mol. The Morgan fingerprint density at radius 1 is 1.15 bits per heavy atom. The number of hydrogen-bond donors (Lipinski definition) is 3. The molecule has 26 heavy (non-hydrogen) atoms. The van der Waals surface area contributed by atoms with E-state index < -0.39 is 12.0 Å². The molecule has 3 rings (SSSR count). The Bertz CT molecular complexity index is 831. The van der Waals surface area contributed by atoms with Crippen LogP contribution in [0.3, 0.4) is 0 Å². The van der Waals surface area contributed by atoms with Gasteiger partial charge in [0.2, 0.25) is 0 Å². The number of aliphatic carboxylic acids is 1. The molecule has 0 radical (unpaired) electrons. The fourth-order valence-corrected chi connectivity index (χ4v) is 2.95. The highest BCUT2D eigenvalue weighted by molar-refractivity contribution is 6.10. The van der Waals surface area contributed by atoms with Crippen molar-refractivity contribution >= 4 is 23.6 Å². The number of nitrogens with one attached hydrogen (secondary N) is 1. The summed E-state index contributed by atoms with van der Waals surface area (Å²) in [6, 6.07) is 14.9. The molecular formula is C20H21N3O3. The molecule has 2 aromatic carbocycles. The number of anilines is 1. The first-order valence-electron chi connectivity index (χ1n) is 8.53. The van der Waals surface area contributed by atoms with Crippen LogP contribution in [0.1, 0.15) is 17.5 Å². The van der Waals surface area contributed by atoms with Gasteiger partial charge in [-0.2, -0.15) is 0 Å². The zero-order valence-corrected chi connectivity index (χ0v) is 14.3. The summed E-state index contributed by atoms with van der Waals surface area (Å²) in [5.41, 5.74) is 2.85. The van der Waals surface area contributed by atoms with Gasteiger partial charge in [-0.3, -0.25) is 14.8 Å². The Kier molecular flexibility index (Phi) is 5.63. The van der Waals surface area contributed by atoms with Crippen LogP contribution in [0.25, 0.3) is 0 Å². The van der Waals surface area contributed by atoms with E-state index in [0.29, 0.717) is 30.1 Å². The highest BCUT2D eigenvalue weighted by atomic mass is 16.4. The van der Waals surface area contributed by atoms with Crippen molar-refractivity contribution in [3.63, 3.8) is 0 Å². The molecule has 2 aromatic rings. The summed E-state index contributed by atoms with van der Waals surface area (Å²) in [5.74, 6) is -0.870. The molecule has 1 unspecified atom stereocenters. The van der Waals surface area contributed by atoms with E-state index in [1.54, 1.807) is 18.3 Å². The van der Waals surface area contributed by atoms with Crippen molar-refractivity contribution in [2.45, 2.75) is 18.9 Å². The lowest BCUT2D eigenvalue weighted by molar-refractivity contribution is -0.137. The van der Waals surface area contributed by atoms with Crippen LogP contribution >= 0.6 is 0 Å². The average Bonchev–Trinajstić information content (AvgIpc) is 2.64. The number of carboxylic acid groups (broad SMARTS) is 1. The van der Waals surface area contributed by atoms with Crippen LogP contribution in [0, 0.1) is 0 Å². The summed E-state index contributed by atoms with van der Waals surface area (Å²) in [6.07, 6.45) is 2.29. The van der Waals surface area contributed by atoms with Crippen molar-refractivity contribution in [3.05, 3.63) is 59.7 Å². The second kappa shape index (κ2) is 8.29. The smallest absolute Gasteiger partial charge is 0.305 e. The second-order valence-corrected chi connectivity index (χ2v) is 6.04. The summed E-state index contributed by atoms with van der Waals surface area (Å²) in [6.45, 7) is 1.06. The van der Waals surface area contributed by atoms with Crippen molar-refractivity contribution in [2.24, 2.45) is 9.98 Å². The Morgan fingerprint density at radius 3 is 2.73 bits per heavy atom. The van der Waals surface area contributed by atoms with Crippen molar-refractivity contribution in [1.82, 2.24) is 0 Å². The van der Waals surface area contributed by atoms with Crippen LogP contribution in [0.5, 0.6) is 5.75 Å². The van der Waals surface area contributed by atoms with E-state index >= 15 is 0 Å². The van der Waals surface area contributed by atoms with E-state index in [1.165, 1.54) is 5.56 Å². The first-order chi connectivity index (χ1) is 12.6.